The Morgan fingerprint density at radius 2 is 1.79 bits per heavy atom. The monoisotopic (exact) mass is 459 g/mol. The Balaban J connectivity index is 2.30. The molecule has 0 radical (unpaired) electrons. The summed E-state index contributed by atoms with van der Waals surface area (Å²) in [5, 5.41) is 16.0. The molecule has 9 nitrogen and oxygen atoms in total. The van der Waals surface area contributed by atoms with Gasteiger partial charge in [0.25, 0.3) is 0 Å². The molecule has 9 heteroatoms. The molecular weight excluding hydrogens is 426 g/mol. The highest BCUT2D eigenvalue weighted by atomic mass is 16.6. The predicted molar refractivity (Wildman–Crippen MR) is 120 cm³/mol. The Morgan fingerprint density at radius 3 is 2.33 bits per heavy atom. The summed E-state index contributed by atoms with van der Waals surface area (Å²) in [5.74, 6) is -1.70. The molecule has 2 atom stereocenters. The van der Waals surface area contributed by atoms with Crippen LogP contribution in [0.5, 0.6) is 0 Å². The minimum atomic E-state index is -1.75. The first-order valence-corrected chi connectivity index (χ1v) is 11.1. The van der Waals surface area contributed by atoms with Crippen molar-refractivity contribution in [3.63, 3.8) is 0 Å². The van der Waals surface area contributed by atoms with E-state index in [0.29, 0.717) is 25.9 Å². The quantitative estimate of drug-likeness (QED) is 0.449. The minimum absolute atomic E-state index is 0.00625. The summed E-state index contributed by atoms with van der Waals surface area (Å²) >= 11 is 0. The first kappa shape index (κ1) is 26.1. The summed E-state index contributed by atoms with van der Waals surface area (Å²) in [4.78, 5) is 37.4. The van der Waals surface area contributed by atoms with E-state index in [-0.39, 0.29) is 13.0 Å². The number of hydrogen-bond acceptors (Lipinski definition) is 8. The molecule has 1 aromatic rings. The van der Waals surface area contributed by atoms with E-state index in [0.717, 1.165) is 5.56 Å². The number of benzene rings is 1. The average Bonchev–Trinajstić information content (AvgIpc) is 2.75. The summed E-state index contributed by atoms with van der Waals surface area (Å²) < 4.78 is 16.3. The van der Waals surface area contributed by atoms with Crippen LogP contribution in [0.1, 0.15) is 52.5 Å². The fourth-order valence-electron chi connectivity index (χ4n) is 3.89. The van der Waals surface area contributed by atoms with Crippen molar-refractivity contribution in [3.05, 3.63) is 35.9 Å². The minimum Gasteiger partial charge on any atom is -0.460 e. The van der Waals surface area contributed by atoms with E-state index in [4.69, 9.17) is 14.2 Å². The number of nitriles is 1. The number of esters is 2. The SMILES string of the molecule is CC(=O)OC(C#N)(C1CCNCC1)C(CC(=O)OC(C)(C)C)NC(=O)OCc1ccccc1. The van der Waals surface area contributed by atoms with E-state index in [9.17, 15) is 19.6 Å². The molecule has 1 fully saturated rings. The molecule has 1 aromatic carbocycles. The molecule has 2 unspecified atom stereocenters. The Hall–Kier alpha value is -3.12. The first-order chi connectivity index (χ1) is 15.6. The van der Waals surface area contributed by atoms with Crippen LogP contribution in [0.4, 0.5) is 4.79 Å². The second-order valence-corrected chi connectivity index (χ2v) is 9.07. The number of carbonyl (C=O) groups excluding carboxylic acids is 3. The number of nitrogens with one attached hydrogen (secondary N) is 2. The summed E-state index contributed by atoms with van der Waals surface area (Å²) in [6, 6.07) is 10.1. The van der Waals surface area contributed by atoms with Crippen molar-refractivity contribution in [2.75, 3.05) is 13.1 Å². The molecule has 2 rings (SSSR count). The van der Waals surface area contributed by atoms with Gasteiger partial charge in [0.15, 0.2) is 0 Å². The Kier molecular flexibility index (Phi) is 9.23. The van der Waals surface area contributed by atoms with Gasteiger partial charge in [-0.3, -0.25) is 9.59 Å². The highest BCUT2D eigenvalue weighted by Crippen LogP contribution is 2.34. The van der Waals surface area contributed by atoms with Gasteiger partial charge in [-0.25, -0.2) is 4.79 Å². The fourth-order valence-corrected chi connectivity index (χ4v) is 3.89. The normalized spacial score (nSPS) is 17.1. The van der Waals surface area contributed by atoms with Crippen LogP contribution >= 0.6 is 0 Å². The van der Waals surface area contributed by atoms with Gasteiger partial charge >= 0.3 is 18.0 Å². The number of ether oxygens (including phenoxy) is 3. The van der Waals surface area contributed by atoms with E-state index < -0.39 is 41.2 Å². The number of alkyl carbamates (subject to hydrolysis) is 1. The van der Waals surface area contributed by atoms with Gasteiger partial charge in [0.1, 0.15) is 18.3 Å². The number of piperidine rings is 1. The third-order valence-electron chi connectivity index (χ3n) is 5.25. The van der Waals surface area contributed by atoms with Gasteiger partial charge in [-0.05, 0) is 52.3 Å². The molecule has 0 aromatic heterocycles. The predicted octanol–water partition coefficient (Wildman–Crippen LogP) is 2.84. The van der Waals surface area contributed by atoms with Crippen LogP contribution in [-0.4, -0.2) is 48.4 Å². The van der Waals surface area contributed by atoms with Gasteiger partial charge in [0.05, 0.1) is 12.5 Å². The Morgan fingerprint density at radius 1 is 1.15 bits per heavy atom. The van der Waals surface area contributed by atoms with Crippen molar-refractivity contribution in [2.24, 2.45) is 5.92 Å². The van der Waals surface area contributed by atoms with E-state index >= 15 is 0 Å². The van der Waals surface area contributed by atoms with Crippen LogP contribution in [0.2, 0.25) is 0 Å². The molecule has 1 heterocycles. The number of rotatable bonds is 8. The van der Waals surface area contributed by atoms with Crippen LogP contribution in [0.3, 0.4) is 0 Å². The molecule has 180 valence electrons. The third kappa shape index (κ3) is 8.06. The van der Waals surface area contributed by atoms with Crippen LogP contribution in [-0.2, 0) is 30.4 Å². The van der Waals surface area contributed by atoms with E-state index in [1.165, 1.54) is 6.92 Å². The van der Waals surface area contributed by atoms with E-state index in [1.54, 1.807) is 32.9 Å². The van der Waals surface area contributed by atoms with Crippen LogP contribution in [0.25, 0.3) is 0 Å². The van der Waals surface area contributed by atoms with Gasteiger partial charge in [0.2, 0.25) is 5.60 Å². The van der Waals surface area contributed by atoms with E-state index in [2.05, 4.69) is 16.7 Å². The first-order valence-electron chi connectivity index (χ1n) is 11.1. The van der Waals surface area contributed by atoms with Crippen molar-refractivity contribution in [2.45, 2.75) is 70.8 Å². The molecule has 1 amide bonds. The second kappa shape index (κ2) is 11.7. The van der Waals surface area contributed by atoms with Crippen LogP contribution in [0, 0.1) is 17.2 Å². The Labute approximate surface area is 194 Å². The molecular formula is C24H33N3O6. The van der Waals surface area contributed by atoms with Gasteiger partial charge < -0.3 is 24.8 Å². The number of hydrogen-bond donors (Lipinski definition) is 2. The Bertz CT molecular complexity index is 855. The lowest BCUT2D eigenvalue weighted by atomic mass is 9.75. The molecule has 0 aliphatic carbocycles. The van der Waals surface area contributed by atoms with Crippen LogP contribution < -0.4 is 10.6 Å². The topological polar surface area (TPSA) is 127 Å². The van der Waals surface area contributed by atoms with Crippen molar-refractivity contribution < 1.29 is 28.6 Å². The summed E-state index contributed by atoms with van der Waals surface area (Å²) in [6.45, 7) is 7.60. The van der Waals surface area contributed by atoms with Crippen molar-refractivity contribution in [1.29, 1.82) is 5.26 Å². The van der Waals surface area contributed by atoms with Gasteiger partial charge in [-0.15, -0.1) is 0 Å². The molecule has 1 aliphatic rings. The maximum absolute atomic E-state index is 12.7. The molecule has 33 heavy (non-hydrogen) atoms. The summed E-state index contributed by atoms with van der Waals surface area (Å²) in [7, 11) is 0. The average molecular weight is 460 g/mol. The van der Waals surface area contributed by atoms with Crippen LogP contribution in [0.15, 0.2) is 30.3 Å². The number of nitrogens with zero attached hydrogens (tertiary/aromatic N) is 1. The zero-order chi connectivity index (χ0) is 24.5. The zero-order valence-corrected chi connectivity index (χ0v) is 19.7. The van der Waals surface area contributed by atoms with Gasteiger partial charge in [-0.1, -0.05) is 30.3 Å². The molecule has 1 saturated heterocycles. The number of carbonyl (C=O) groups is 3. The summed E-state index contributed by atoms with van der Waals surface area (Å²) in [6.07, 6.45) is -0.116. The molecule has 0 bridgehead atoms. The molecule has 1 aliphatic heterocycles. The van der Waals surface area contributed by atoms with E-state index in [1.807, 2.05) is 18.2 Å². The largest absolute Gasteiger partial charge is 0.460 e. The number of amides is 1. The molecule has 0 spiro atoms. The smallest absolute Gasteiger partial charge is 0.407 e. The summed E-state index contributed by atoms with van der Waals surface area (Å²) in [5.41, 5.74) is -1.74. The molecule has 0 saturated carbocycles. The lowest BCUT2D eigenvalue weighted by Crippen LogP contribution is -2.60. The second-order valence-electron chi connectivity index (χ2n) is 9.07. The van der Waals surface area contributed by atoms with Crippen molar-refractivity contribution in [1.82, 2.24) is 10.6 Å². The van der Waals surface area contributed by atoms with Crippen molar-refractivity contribution >= 4 is 18.0 Å². The lowest BCUT2D eigenvalue weighted by Gasteiger charge is -2.41. The molecule has 2 N–H and O–H groups in total. The zero-order valence-electron chi connectivity index (χ0n) is 19.7. The highest BCUT2D eigenvalue weighted by Gasteiger charge is 2.51. The lowest BCUT2D eigenvalue weighted by molar-refractivity contribution is -0.167. The van der Waals surface area contributed by atoms with Gasteiger partial charge in [0, 0.05) is 12.8 Å². The fraction of sp³-hybridized carbons (Fsp3) is 0.583. The maximum atomic E-state index is 12.7. The van der Waals surface area contributed by atoms with Crippen molar-refractivity contribution in [3.8, 4) is 6.07 Å². The standard InChI is InChI=1S/C24H33N3O6/c1-17(28)32-24(16-25,19-10-12-26-13-11-19)20(14-21(29)33-23(2,3)4)27-22(30)31-15-18-8-6-5-7-9-18/h5-9,19-20,26H,10-15H2,1-4H3,(H,27,30). The highest BCUT2D eigenvalue weighted by molar-refractivity contribution is 5.74. The maximum Gasteiger partial charge on any atom is 0.407 e. The third-order valence-corrected chi connectivity index (χ3v) is 5.25. The van der Waals surface area contributed by atoms with Gasteiger partial charge in [-0.2, -0.15) is 5.26 Å².